The minimum atomic E-state index is -0.215. The number of nitrogens with zero attached hydrogens (tertiary/aromatic N) is 3. The Bertz CT molecular complexity index is 548. The second-order valence-electron chi connectivity index (χ2n) is 4.09. The lowest BCUT2D eigenvalue weighted by Crippen LogP contribution is -2.18. The Labute approximate surface area is 94.5 Å². The predicted molar refractivity (Wildman–Crippen MR) is 62.9 cm³/mol. The summed E-state index contributed by atoms with van der Waals surface area (Å²) in [5, 5.41) is 9.11. The highest BCUT2D eigenvalue weighted by Crippen LogP contribution is 2.21. The van der Waals surface area contributed by atoms with Crippen LogP contribution < -0.4 is 0 Å². The third-order valence-electron chi connectivity index (χ3n) is 2.58. The molecule has 0 fully saturated rings. The van der Waals surface area contributed by atoms with Gasteiger partial charge in [-0.05, 0) is 38.7 Å². The van der Waals surface area contributed by atoms with Gasteiger partial charge >= 0.3 is 0 Å². The van der Waals surface area contributed by atoms with Crippen molar-refractivity contribution in [3.63, 3.8) is 0 Å². The predicted octanol–water partition coefficient (Wildman–Crippen LogP) is 2.00. The molecular weight excluding hydrogens is 200 g/mol. The number of hydrogen-bond donors (Lipinski definition) is 1. The molecule has 0 saturated heterocycles. The number of aromatic amines is 1. The standard InChI is InChI=1S/C12H14N4/c1-8-14-10-5-4-9(6-11(10)15-8)12(7-13)16(2)3/h4-6,12H,1-3H3,(H,14,15). The fraction of sp³-hybridized carbons (Fsp3) is 0.333. The van der Waals surface area contributed by atoms with Gasteiger partial charge in [-0.2, -0.15) is 5.26 Å². The fourth-order valence-electron chi connectivity index (χ4n) is 1.81. The third-order valence-corrected chi connectivity index (χ3v) is 2.58. The van der Waals surface area contributed by atoms with Gasteiger partial charge in [-0.3, -0.25) is 4.90 Å². The van der Waals surface area contributed by atoms with Gasteiger partial charge in [0.1, 0.15) is 11.9 Å². The molecule has 1 aromatic heterocycles. The lowest BCUT2D eigenvalue weighted by molar-refractivity contribution is 0.358. The molecule has 1 heterocycles. The van der Waals surface area contributed by atoms with Crippen LogP contribution in [0, 0.1) is 18.3 Å². The van der Waals surface area contributed by atoms with Crippen LogP contribution in [0.4, 0.5) is 0 Å². The molecule has 16 heavy (non-hydrogen) atoms. The van der Waals surface area contributed by atoms with Gasteiger partial charge in [0.2, 0.25) is 0 Å². The first-order chi connectivity index (χ1) is 7.61. The Morgan fingerprint density at radius 3 is 2.81 bits per heavy atom. The van der Waals surface area contributed by atoms with Crippen molar-refractivity contribution < 1.29 is 0 Å². The summed E-state index contributed by atoms with van der Waals surface area (Å²) in [4.78, 5) is 9.40. The van der Waals surface area contributed by atoms with Crippen molar-refractivity contribution in [2.24, 2.45) is 0 Å². The van der Waals surface area contributed by atoms with Gasteiger partial charge in [0.15, 0.2) is 0 Å². The molecular formula is C12H14N4. The van der Waals surface area contributed by atoms with E-state index in [1.54, 1.807) is 0 Å². The van der Waals surface area contributed by atoms with Crippen LogP contribution in [-0.4, -0.2) is 29.0 Å². The average molecular weight is 214 g/mol. The Kier molecular flexibility index (Phi) is 2.63. The molecule has 0 radical (unpaired) electrons. The van der Waals surface area contributed by atoms with Gasteiger partial charge in [0.25, 0.3) is 0 Å². The lowest BCUT2D eigenvalue weighted by Gasteiger charge is -2.17. The maximum absolute atomic E-state index is 9.11. The molecule has 0 bridgehead atoms. The molecule has 0 amide bonds. The lowest BCUT2D eigenvalue weighted by atomic mass is 10.1. The minimum absolute atomic E-state index is 0.215. The number of nitriles is 1. The van der Waals surface area contributed by atoms with Gasteiger partial charge in [-0.1, -0.05) is 6.07 Å². The number of hydrogen-bond acceptors (Lipinski definition) is 3. The summed E-state index contributed by atoms with van der Waals surface area (Å²) in [6.07, 6.45) is 0. The first-order valence-corrected chi connectivity index (χ1v) is 5.14. The SMILES string of the molecule is Cc1nc2ccc(C(C#N)N(C)C)cc2[nH]1. The van der Waals surface area contributed by atoms with E-state index >= 15 is 0 Å². The summed E-state index contributed by atoms with van der Waals surface area (Å²) in [5.41, 5.74) is 2.91. The Hall–Kier alpha value is -1.86. The van der Waals surface area contributed by atoms with E-state index in [1.807, 2.05) is 44.1 Å². The normalized spacial score (nSPS) is 12.9. The number of rotatable bonds is 2. The molecule has 82 valence electrons. The highest BCUT2D eigenvalue weighted by molar-refractivity contribution is 5.76. The van der Waals surface area contributed by atoms with E-state index in [9.17, 15) is 0 Å². The average Bonchev–Trinajstić information content (AvgIpc) is 2.57. The Morgan fingerprint density at radius 2 is 2.19 bits per heavy atom. The number of aryl methyl sites for hydroxylation is 1. The van der Waals surface area contributed by atoms with E-state index in [-0.39, 0.29) is 6.04 Å². The number of aromatic nitrogens is 2. The molecule has 2 aromatic rings. The number of benzene rings is 1. The molecule has 0 saturated carbocycles. The molecule has 4 heteroatoms. The zero-order chi connectivity index (χ0) is 11.7. The molecule has 0 spiro atoms. The van der Waals surface area contributed by atoms with Crippen LogP contribution in [-0.2, 0) is 0 Å². The van der Waals surface area contributed by atoms with Crippen molar-refractivity contribution in [2.45, 2.75) is 13.0 Å². The Morgan fingerprint density at radius 1 is 1.44 bits per heavy atom. The second kappa shape index (κ2) is 3.95. The van der Waals surface area contributed by atoms with E-state index in [4.69, 9.17) is 5.26 Å². The van der Waals surface area contributed by atoms with E-state index in [2.05, 4.69) is 16.0 Å². The quantitative estimate of drug-likeness (QED) is 0.831. The summed E-state index contributed by atoms with van der Waals surface area (Å²) in [5.74, 6) is 0.894. The first-order valence-electron chi connectivity index (χ1n) is 5.14. The molecule has 1 unspecified atom stereocenters. The Balaban J connectivity index is 2.50. The summed E-state index contributed by atoms with van der Waals surface area (Å²) in [6, 6.07) is 7.96. The summed E-state index contributed by atoms with van der Waals surface area (Å²) < 4.78 is 0. The van der Waals surface area contributed by atoms with Gasteiger partial charge < -0.3 is 4.98 Å². The van der Waals surface area contributed by atoms with E-state index < -0.39 is 0 Å². The molecule has 2 rings (SSSR count). The zero-order valence-electron chi connectivity index (χ0n) is 9.65. The maximum atomic E-state index is 9.11. The molecule has 1 atom stereocenters. The van der Waals surface area contributed by atoms with Crippen LogP contribution in [0.15, 0.2) is 18.2 Å². The highest BCUT2D eigenvalue weighted by Gasteiger charge is 2.13. The molecule has 0 aliphatic rings. The van der Waals surface area contributed by atoms with Crippen LogP contribution in [0.25, 0.3) is 11.0 Å². The van der Waals surface area contributed by atoms with Crippen LogP contribution in [0.5, 0.6) is 0 Å². The molecule has 0 aliphatic carbocycles. The van der Waals surface area contributed by atoms with Crippen LogP contribution in [0.2, 0.25) is 0 Å². The molecule has 1 N–H and O–H groups in total. The van der Waals surface area contributed by atoms with E-state index in [0.717, 1.165) is 22.4 Å². The second-order valence-corrected chi connectivity index (χ2v) is 4.09. The van der Waals surface area contributed by atoms with Crippen molar-refractivity contribution >= 4 is 11.0 Å². The topological polar surface area (TPSA) is 55.7 Å². The summed E-state index contributed by atoms with van der Waals surface area (Å²) in [6.45, 7) is 1.92. The van der Waals surface area contributed by atoms with Gasteiger partial charge in [0.05, 0.1) is 17.1 Å². The van der Waals surface area contributed by atoms with Crippen molar-refractivity contribution in [1.29, 1.82) is 5.26 Å². The highest BCUT2D eigenvalue weighted by atomic mass is 15.1. The van der Waals surface area contributed by atoms with Crippen molar-refractivity contribution in [3.05, 3.63) is 29.6 Å². The van der Waals surface area contributed by atoms with E-state index in [0.29, 0.717) is 0 Å². The summed E-state index contributed by atoms with van der Waals surface area (Å²) in [7, 11) is 3.80. The van der Waals surface area contributed by atoms with Crippen molar-refractivity contribution in [2.75, 3.05) is 14.1 Å². The van der Waals surface area contributed by atoms with E-state index in [1.165, 1.54) is 0 Å². The number of imidazole rings is 1. The number of H-pyrrole nitrogens is 1. The number of fused-ring (bicyclic) bond motifs is 1. The fourth-order valence-corrected chi connectivity index (χ4v) is 1.81. The van der Waals surface area contributed by atoms with Crippen LogP contribution in [0.3, 0.4) is 0 Å². The van der Waals surface area contributed by atoms with Crippen LogP contribution >= 0.6 is 0 Å². The number of nitrogens with one attached hydrogen (secondary N) is 1. The van der Waals surface area contributed by atoms with Gasteiger partial charge in [-0.15, -0.1) is 0 Å². The first kappa shape index (κ1) is 10.7. The molecule has 1 aromatic carbocycles. The van der Waals surface area contributed by atoms with Crippen LogP contribution in [0.1, 0.15) is 17.4 Å². The maximum Gasteiger partial charge on any atom is 0.123 e. The molecule has 4 nitrogen and oxygen atoms in total. The smallest absolute Gasteiger partial charge is 0.123 e. The van der Waals surface area contributed by atoms with Gasteiger partial charge in [0, 0.05) is 0 Å². The van der Waals surface area contributed by atoms with Crippen molar-refractivity contribution in [1.82, 2.24) is 14.9 Å². The summed E-state index contributed by atoms with van der Waals surface area (Å²) >= 11 is 0. The van der Waals surface area contributed by atoms with Crippen molar-refractivity contribution in [3.8, 4) is 6.07 Å². The minimum Gasteiger partial charge on any atom is -0.342 e. The van der Waals surface area contributed by atoms with Gasteiger partial charge in [-0.25, -0.2) is 4.98 Å². The largest absolute Gasteiger partial charge is 0.342 e. The third kappa shape index (κ3) is 1.77. The molecule has 0 aliphatic heterocycles. The monoisotopic (exact) mass is 214 g/mol. The zero-order valence-corrected chi connectivity index (χ0v) is 9.65.